The monoisotopic (exact) mass is 348 g/mol. The van der Waals surface area contributed by atoms with E-state index in [2.05, 4.69) is 15.9 Å². The van der Waals surface area contributed by atoms with Crippen molar-refractivity contribution in [2.45, 2.75) is 20.8 Å². The molecule has 0 saturated carbocycles. The van der Waals surface area contributed by atoms with Gasteiger partial charge in [-0.15, -0.1) is 0 Å². The first-order chi connectivity index (χ1) is 8.61. The SMILES string of the molecule is CC(C)(C)COC(=O)c1cc(Br)c(Cl)cc1C(=O)O. The Morgan fingerprint density at radius 1 is 1.32 bits per heavy atom. The largest absolute Gasteiger partial charge is 0.478 e. The highest BCUT2D eigenvalue weighted by molar-refractivity contribution is 9.10. The number of carbonyl (C=O) groups is 2. The van der Waals surface area contributed by atoms with E-state index in [0.29, 0.717) is 4.47 Å². The lowest BCUT2D eigenvalue weighted by atomic mass is 9.98. The summed E-state index contributed by atoms with van der Waals surface area (Å²) in [6, 6.07) is 2.58. The summed E-state index contributed by atoms with van der Waals surface area (Å²) < 4.78 is 5.56. The van der Waals surface area contributed by atoms with E-state index >= 15 is 0 Å². The van der Waals surface area contributed by atoms with Gasteiger partial charge in [0.1, 0.15) is 0 Å². The second-order valence-electron chi connectivity index (χ2n) is 5.25. The van der Waals surface area contributed by atoms with Gasteiger partial charge in [0, 0.05) is 4.47 Å². The average Bonchev–Trinajstić information content (AvgIpc) is 2.27. The van der Waals surface area contributed by atoms with Gasteiger partial charge in [-0.1, -0.05) is 32.4 Å². The topological polar surface area (TPSA) is 63.6 Å². The van der Waals surface area contributed by atoms with Gasteiger partial charge in [0.15, 0.2) is 0 Å². The van der Waals surface area contributed by atoms with E-state index in [1.807, 2.05) is 20.8 Å². The van der Waals surface area contributed by atoms with E-state index in [1.54, 1.807) is 0 Å². The summed E-state index contributed by atoms with van der Waals surface area (Å²) in [7, 11) is 0. The Balaban J connectivity index is 3.08. The Morgan fingerprint density at radius 3 is 2.37 bits per heavy atom. The van der Waals surface area contributed by atoms with Crippen LogP contribution in [-0.2, 0) is 4.74 Å². The van der Waals surface area contributed by atoms with E-state index in [1.165, 1.54) is 12.1 Å². The molecule has 6 heteroatoms. The van der Waals surface area contributed by atoms with Gasteiger partial charge in [0.05, 0.1) is 22.8 Å². The van der Waals surface area contributed by atoms with Crippen LogP contribution in [0.5, 0.6) is 0 Å². The van der Waals surface area contributed by atoms with Gasteiger partial charge in [0.25, 0.3) is 0 Å². The minimum atomic E-state index is -1.22. The maximum Gasteiger partial charge on any atom is 0.339 e. The van der Waals surface area contributed by atoms with Gasteiger partial charge in [-0.3, -0.25) is 0 Å². The number of aromatic carboxylic acids is 1. The quantitative estimate of drug-likeness (QED) is 0.838. The summed E-state index contributed by atoms with van der Waals surface area (Å²) in [5, 5.41) is 9.30. The van der Waals surface area contributed by atoms with Crippen LogP contribution < -0.4 is 0 Å². The lowest BCUT2D eigenvalue weighted by Gasteiger charge is -2.18. The van der Waals surface area contributed by atoms with Gasteiger partial charge in [-0.05, 0) is 33.5 Å². The van der Waals surface area contributed by atoms with Crippen molar-refractivity contribution in [2.24, 2.45) is 5.41 Å². The molecule has 0 saturated heterocycles. The minimum absolute atomic E-state index is 0.0203. The van der Waals surface area contributed by atoms with E-state index in [9.17, 15) is 9.59 Å². The molecule has 0 unspecified atom stereocenters. The standard InChI is InChI=1S/C13H14BrClO4/c1-13(2,3)6-19-12(18)8-4-9(14)10(15)5-7(8)11(16)17/h4-5H,6H2,1-3H3,(H,16,17). The van der Waals surface area contributed by atoms with Gasteiger partial charge < -0.3 is 9.84 Å². The van der Waals surface area contributed by atoms with E-state index in [4.69, 9.17) is 21.4 Å². The van der Waals surface area contributed by atoms with Crippen LogP contribution in [-0.4, -0.2) is 23.7 Å². The molecular weight excluding hydrogens is 335 g/mol. The molecule has 0 amide bonds. The minimum Gasteiger partial charge on any atom is -0.478 e. The Hall–Kier alpha value is -1.07. The predicted octanol–water partition coefficient (Wildman–Crippen LogP) is 4.00. The molecule has 1 aromatic carbocycles. The summed E-state index contributed by atoms with van der Waals surface area (Å²) >= 11 is 8.98. The molecule has 1 N–H and O–H groups in total. The third-order valence-corrected chi connectivity index (χ3v) is 3.34. The van der Waals surface area contributed by atoms with Crippen molar-refractivity contribution in [1.29, 1.82) is 0 Å². The molecule has 0 aliphatic carbocycles. The number of rotatable bonds is 3. The van der Waals surface area contributed by atoms with Crippen molar-refractivity contribution in [3.8, 4) is 0 Å². The highest BCUT2D eigenvalue weighted by Gasteiger charge is 2.22. The fraction of sp³-hybridized carbons (Fsp3) is 0.385. The van der Waals surface area contributed by atoms with E-state index in [0.717, 1.165) is 0 Å². The number of ether oxygens (including phenoxy) is 1. The highest BCUT2D eigenvalue weighted by atomic mass is 79.9. The van der Waals surface area contributed by atoms with Gasteiger partial charge in [-0.25, -0.2) is 9.59 Å². The number of hydrogen-bond donors (Lipinski definition) is 1. The zero-order valence-electron chi connectivity index (χ0n) is 10.8. The van der Waals surface area contributed by atoms with Crippen molar-refractivity contribution in [3.05, 3.63) is 32.8 Å². The first-order valence-corrected chi connectivity index (χ1v) is 6.68. The molecule has 4 nitrogen and oxygen atoms in total. The number of esters is 1. The van der Waals surface area contributed by atoms with Crippen molar-refractivity contribution in [1.82, 2.24) is 0 Å². The number of hydrogen-bond acceptors (Lipinski definition) is 3. The number of halogens is 2. The molecule has 0 radical (unpaired) electrons. The molecule has 19 heavy (non-hydrogen) atoms. The van der Waals surface area contributed by atoms with Gasteiger partial charge in [0.2, 0.25) is 0 Å². The first-order valence-electron chi connectivity index (χ1n) is 5.51. The number of carbonyl (C=O) groups excluding carboxylic acids is 1. The van der Waals surface area contributed by atoms with Crippen LogP contribution in [0.1, 0.15) is 41.5 Å². The molecule has 0 aromatic heterocycles. The van der Waals surface area contributed by atoms with E-state index < -0.39 is 11.9 Å². The van der Waals surface area contributed by atoms with Crippen LogP contribution in [0.4, 0.5) is 0 Å². The fourth-order valence-electron chi connectivity index (χ4n) is 1.25. The van der Waals surface area contributed by atoms with Crippen molar-refractivity contribution >= 4 is 39.5 Å². The molecule has 104 valence electrons. The molecular formula is C13H14BrClO4. The van der Waals surface area contributed by atoms with Crippen LogP contribution in [0.2, 0.25) is 5.02 Å². The van der Waals surface area contributed by atoms with Crippen LogP contribution in [0, 0.1) is 5.41 Å². The zero-order valence-corrected chi connectivity index (χ0v) is 13.1. The van der Waals surface area contributed by atoms with Crippen molar-refractivity contribution in [2.75, 3.05) is 6.61 Å². The Labute approximate surface area is 124 Å². The smallest absolute Gasteiger partial charge is 0.339 e. The van der Waals surface area contributed by atoms with Crippen molar-refractivity contribution in [3.63, 3.8) is 0 Å². The maximum atomic E-state index is 11.9. The van der Waals surface area contributed by atoms with Crippen LogP contribution in [0.3, 0.4) is 0 Å². The zero-order chi connectivity index (χ0) is 14.8. The molecule has 0 atom stereocenters. The summed E-state index contributed by atoms with van der Waals surface area (Å²) in [6.07, 6.45) is 0. The fourth-order valence-corrected chi connectivity index (χ4v) is 1.76. The van der Waals surface area contributed by atoms with E-state index in [-0.39, 0.29) is 28.2 Å². The molecule has 1 aromatic rings. The second kappa shape index (κ2) is 5.92. The highest BCUT2D eigenvalue weighted by Crippen LogP contribution is 2.27. The predicted molar refractivity (Wildman–Crippen MR) is 75.8 cm³/mol. The Morgan fingerprint density at radius 2 is 1.89 bits per heavy atom. The van der Waals surface area contributed by atoms with Gasteiger partial charge in [-0.2, -0.15) is 0 Å². The molecule has 1 rings (SSSR count). The number of benzene rings is 1. The van der Waals surface area contributed by atoms with Crippen molar-refractivity contribution < 1.29 is 19.4 Å². The molecule has 0 spiro atoms. The molecule has 0 aliphatic rings. The molecule has 0 heterocycles. The summed E-state index contributed by atoms with van der Waals surface area (Å²) in [5.74, 6) is -1.90. The van der Waals surface area contributed by atoms with Crippen LogP contribution in [0.25, 0.3) is 0 Å². The number of carboxylic acid groups (broad SMARTS) is 1. The maximum absolute atomic E-state index is 11.9. The summed E-state index contributed by atoms with van der Waals surface area (Å²) in [6.45, 7) is 5.94. The molecule has 0 fully saturated rings. The third kappa shape index (κ3) is 4.51. The van der Waals surface area contributed by atoms with Crippen LogP contribution >= 0.6 is 27.5 Å². The molecule has 0 aliphatic heterocycles. The molecule has 0 bridgehead atoms. The Bertz CT molecular complexity index is 520. The van der Waals surface area contributed by atoms with Gasteiger partial charge >= 0.3 is 11.9 Å². The number of carboxylic acids is 1. The average molecular weight is 350 g/mol. The first kappa shape index (κ1) is 16.0. The Kier molecular flexibility index (Phi) is 4.98. The lowest BCUT2D eigenvalue weighted by Crippen LogP contribution is -2.20. The summed E-state index contributed by atoms with van der Waals surface area (Å²) in [4.78, 5) is 23.0. The third-order valence-electron chi connectivity index (χ3n) is 2.15. The summed E-state index contributed by atoms with van der Waals surface area (Å²) in [5.41, 5.74) is -0.386. The second-order valence-corrected chi connectivity index (χ2v) is 6.52. The lowest BCUT2D eigenvalue weighted by molar-refractivity contribution is 0.0361. The normalized spacial score (nSPS) is 11.2. The van der Waals surface area contributed by atoms with Crippen LogP contribution in [0.15, 0.2) is 16.6 Å².